The number of hydrogen-bond donors (Lipinski definition) is 1. The first-order valence-electron chi connectivity index (χ1n) is 6.07. The van der Waals surface area contributed by atoms with Crippen molar-refractivity contribution in [3.05, 3.63) is 59.4 Å². The highest BCUT2D eigenvalue weighted by atomic mass is 19.1. The predicted molar refractivity (Wildman–Crippen MR) is 72.1 cm³/mol. The molecule has 2 N–H and O–H groups in total. The van der Waals surface area contributed by atoms with E-state index >= 15 is 0 Å². The molecule has 1 aliphatic rings. The van der Waals surface area contributed by atoms with Gasteiger partial charge in [-0.15, -0.1) is 0 Å². The summed E-state index contributed by atoms with van der Waals surface area (Å²) in [5.41, 5.74) is 9.17. The van der Waals surface area contributed by atoms with Gasteiger partial charge in [0.15, 0.2) is 0 Å². The summed E-state index contributed by atoms with van der Waals surface area (Å²) in [6.07, 6.45) is 0.377. The highest BCUT2D eigenvalue weighted by Crippen LogP contribution is 2.35. The van der Waals surface area contributed by atoms with Crippen molar-refractivity contribution in [1.82, 2.24) is 0 Å². The van der Waals surface area contributed by atoms with Gasteiger partial charge in [-0.05, 0) is 29.3 Å². The number of halogens is 1. The molecule has 0 unspecified atom stereocenters. The maximum Gasteiger partial charge on any atom is 0.231 e. The van der Waals surface area contributed by atoms with Crippen LogP contribution in [0.15, 0.2) is 42.5 Å². The molecule has 1 amide bonds. The van der Waals surface area contributed by atoms with Gasteiger partial charge in [0, 0.05) is 0 Å². The smallest absolute Gasteiger partial charge is 0.231 e. The van der Waals surface area contributed by atoms with Crippen LogP contribution in [0, 0.1) is 5.82 Å². The summed E-state index contributed by atoms with van der Waals surface area (Å²) in [5.74, 6) is -0.256. The van der Waals surface area contributed by atoms with Crippen LogP contribution in [-0.4, -0.2) is 5.91 Å². The zero-order chi connectivity index (χ0) is 13.4. The number of carbonyl (C=O) groups is 1. The lowest BCUT2D eigenvalue weighted by atomic mass is 10.1. The van der Waals surface area contributed by atoms with Crippen LogP contribution >= 0.6 is 0 Å². The highest BCUT2D eigenvalue weighted by Gasteiger charge is 2.28. The third kappa shape index (κ3) is 2.05. The first-order chi connectivity index (χ1) is 9.15. The van der Waals surface area contributed by atoms with Crippen LogP contribution in [0.25, 0.3) is 0 Å². The van der Waals surface area contributed by atoms with Crippen molar-refractivity contribution in [3.63, 3.8) is 0 Å². The first-order valence-corrected chi connectivity index (χ1v) is 6.07. The van der Waals surface area contributed by atoms with Crippen LogP contribution < -0.4 is 10.6 Å². The normalized spacial score (nSPS) is 13.7. The number of fused-ring (bicyclic) bond motifs is 1. The quantitative estimate of drug-likeness (QED) is 0.839. The fourth-order valence-corrected chi connectivity index (χ4v) is 2.41. The van der Waals surface area contributed by atoms with E-state index in [1.165, 1.54) is 12.1 Å². The Kier molecular flexibility index (Phi) is 2.71. The molecule has 0 bridgehead atoms. The van der Waals surface area contributed by atoms with Crippen molar-refractivity contribution < 1.29 is 9.18 Å². The molecular weight excluding hydrogens is 243 g/mol. The first kappa shape index (κ1) is 11.7. The van der Waals surface area contributed by atoms with Gasteiger partial charge in [-0.25, -0.2) is 4.39 Å². The molecule has 2 aromatic carbocycles. The van der Waals surface area contributed by atoms with Crippen LogP contribution in [0.4, 0.5) is 15.8 Å². The third-order valence-electron chi connectivity index (χ3n) is 3.32. The Balaban J connectivity index is 1.94. The maximum absolute atomic E-state index is 12.9. The second-order valence-electron chi connectivity index (χ2n) is 4.64. The van der Waals surface area contributed by atoms with E-state index < -0.39 is 0 Å². The zero-order valence-corrected chi connectivity index (χ0v) is 10.3. The van der Waals surface area contributed by atoms with E-state index in [0.717, 1.165) is 16.8 Å². The average Bonchev–Trinajstić information content (AvgIpc) is 2.70. The number of nitrogens with two attached hydrogens (primary N) is 1. The van der Waals surface area contributed by atoms with Crippen LogP contribution in [0.3, 0.4) is 0 Å². The Bertz CT molecular complexity index is 637. The second-order valence-corrected chi connectivity index (χ2v) is 4.64. The molecule has 0 fully saturated rings. The van der Waals surface area contributed by atoms with Gasteiger partial charge in [-0.1, -0.05) is 24.3 Å². The van der Waals surface area contributed by atoms with Crippen molar-refractivity contribution in [3.8, 4) is 0 Å². The lowest BCUT2D eigenvalue weighted by Gasteiger charge is -2.19. The Morgan fingerprint density at radius 1 is 1.16 bits per heavy atom. The fraction of sp³-hybridized carbons (Fsp3) is 0.133. The minimum atomic E-state index is -0.281. The number of hydrogen-bond acceptors (Lipinski definition) is 2. The summed E-state index contributed by atoms with van der Waals surface area (Å²) in [4.78, 5) is 13.7. The van der Waals surface area contributed by atoms with E-state index in [2.05, 4.69) is 0 Å². The molecule has 96 valence electrons. The summed E-state index contributed by atoms with van der Waals surface area (Å²) in [5, 5.41) is 0. The molecule has 0 atom stereocenters. The number of nitrogen functional groups attached to an aromatic ring is 1. The van der Waals surface area contributed by atoms with Gasteiger partial charge >= 0.3 is 0 Å². The van der Waals surface area contributed by atoms with Crippen molar-refractivity contribution in [1.29, 1.82) is 0 Å². The summed E-state index contributed by atoms with van der Waals surface area (Å²) < 4.78 is 12.9. The number of amides is 1. The monoisotopic (exact) mass is 256 g/mol. The Hall–Kier alpha value is -2.36. The van der Waals surface area contributed by atoms with Gasteiger partial charge in [-0.2, -0.15) is 0 Å². The number of rotatable bonds is 2. The van der Waals surface area contributed by atoms with E-state index in [-0.39, 0.29) is 11.7 Å². The maximum atomic E-state index is 12.9. The Morgan fingerprint density at radius 2 is 1.89 bits per heavy atom. The molecule has 0 saturated carbocycles. The number of benzene rings is 2. The van der Waals surface area contributed by atoms with E-state index in [0.29, 0.717) is 18.7 Å². The third-order valence-corrected chi connectivity index (χ3v) is 3.32. The molecular formula is C15H13FN2O. The molecule has 1 heterocycles. The van der Waals surface area contributed by atoms with Crippen LogP contribution in [0.5, 0.6) is 0 Å². The van der Waals surface area contributed by atoms with Crippen molar-refractivity contribution in [2.24, 2.45) is 0 Å². The van der Waals surface area contributed by atoms with E-state index in [1.807, 2.05) is 12.1 Å². The number of para-hydroxylation sites is 1. The standard InChI is InChI=1S/C15H13FN2O/c16-12-6-4-10(5-7-12)9-18-14(19)8-11-2-1-3-13(17)15(11)18/h1-7H,8-9,17H2. The minimum absolute atomic E-state index is 0.0252. The molecule has 3 rings (SSSR count). The number of anilines is 2. The summed E-state index contributed by atoms with van der Waals surface area (Å²) in [6, 6.07) is 11.7. The topological polar surface area (TPSA) is 46.3 Å². The lowest BCUT2D eigenvalue weighted by Crippen LogP contribution is -2.26. The Labute approximate surface area is 110 Å². The van der Waals surface area contributed by atoms with Crippen molar-refractivity contribution >= 4 is 17.3 Å². The molecule has 2 aromatic rings. The van der Waals surface area contributed by atoms with Gasteiger partial charge in [0.1, 0.15) is 5.82 Å². The molecule has 0 radical (unpaired) electrons. The molecule has 0 saturated heterocycles. The van der Waals surface area contributed by atoms with Crippen LogP contribution in [0.2, 0.25) is 0 Å². The molecule has 0 aliphatic carbocycles. The second kappa shape index (κ2) is 4.39. The van der Waals surface area contributed by atoms with Gasteiger partial charge in [-0.3, -0.25) is 4.79 Å². The van der Waals surface area contributed by atoms with Gasteiger partial charge < -0.3 is 10.6 Å². The molecule has 4 heteroatoms. The largest absolute Gasteiger partial charge is 0.397 e. The number of carbonyl (C=O) groups excluding carboxylic acids is 1. The molecule has 3 nitrogen and oxygen atoms in total. The molecule has 1 aliphatic heterocycles. The Morgan fingerprint density at radius 3 is 2.63 bits per heavy atom. The minimum Gasteiger partial charge on any atom is -0.397 e. The van der Waals surface area contributed by atoms with E-state index in [4.69, 9.17) is 5.73 Å². The molecule has 0 spiro atoms. The van der Waals surface area contributed by atoms with Crippen molar-refractivity contribution in [2.75, 3.05) is 10.6 Å². The number of nitrogens with zero attached hydrogens (tertiary/aromatic N) is 1. The summed E-state index contributed by atoms with van der Waals surface area (Å²) in [6.45, 7) is 0.417. The zero-order valence-electron chi connectivity index (χ0n) is 10.3. The lowest BCUT2D eigenvalue weighted by molar-refractivity contribution is -0.117. The van der Waals surface area contributed by atoms with Gasteiger partial charge in [0.2, 0.25) is 5.91 Å². The van der Waals surface area contributed by atoms with Crippen LogP contribution in [0.1, 0.15) is 11.1 Å². The van der Waals surface area contributed by atoms with E-state index in [9.17, 15) is 9.18 Å². The molecule has 19 heavy (non-hydrogen) atoms. The SMILES string of the molecule is Nc1cccc2c1N(Cc1ccc(F)cc1)C(=O)C2. The van der Waals surface area contributed by atoms with Crippen LogP contribution in [-0.2, 0) is 17.8 Å². The average molecular weight is 256 g/mol. The summed E-state index contributed by atoms with van der Waals surface area (Å²) in [7, 11) is 0. The van der Waals surface area contributed by atoms with Gasteiger partial charge in [0.25, 0.3) is 0 Å². The predicted octanol–water partition coefficient (Wildman–Crippen LogP) is 2.50. The van der Waals surface area contributed by atoms with E-state index in [1.54, 1.807) is 23.1 Å². The summed E-state index contributed by atoms with van der Waals surface area (Å²) >= 11 is 0. The van der Waals surface area contributed by atoms with Gasteiger partial charge in [0.05, 0.1) is 24.3 Å². The van der Waals surface area contributed by atoms with Crippen molar-refractivity contribution in [2.45, 2.75) is 13.0 Å². The highest BCUT2D eigenvalue weighted by molar-refractivity contribution is 6.04. The molecule has 0 aromatic heterocycles. The fourth-order valence-electron chi connectivity index (χ4n) is 2.41.